The van der Waals surface area contributed by atoms with Crippen molar-refractivity contribution in [1.82, 2.24) is 10.3 Å². The van der Waals surface area contributed by atoms with Crippen molar-refractivity contribution in [3.63, 3.8) is 0 Å². The van der Waals surface area contributed by atoms with Crippen LogP contribution in [0.1, 0.15) is 38.3 Å². The monoisotopic (exact) mass is 206 g/mol. The van der Waals surface area contributed by atoms with Gasteiger partial charge >= 0.3 is 0 Å². The molecule has 0 radical (unpaired) electrons. The van der Waals surface area contributed by atoms with Crippen LogP contribution in [0, 0.1) is 0 Å². The quantitative estimate of drug-likeness (QED) is 0.824. The number of hydrogen-bond donors (Lipinski definition) is 1. The van der Waals surface area contributed by atoms with Crippen molar-refractivity contribution in [2.24, 2.45) is 0 Å². The van der Waals surface area contributed by atoms with E-state index in [9.17, 15) is 0 Å². The number of ether oxygens (including phenoxy) is 1. The summed E-state index contributed by atoms with van der Waals surface area (Å²) in [6, 6.07) is 2.38. The van der Waals surface area contributed by atoms with Gasteiger partial charge in [0, 0.05) is 24.0 Å². The third kappa shape index (κ3) is 2.48. The summed E-state index contributed by atoms with van der Waals surface area (Å²) in [5.41, 5.74) is 1.20. The fourth-order valence-corrected chi connectivity index (χ4v) is 1.97. The van der Waals surface area contributed by atoms with Gasteiger partial charge in [-0.05, 0) is 39.3 Å². The van der Waals surface area contributed by atoms with Gasteiger partial charge in [-0.2, -0.15) is 0 Å². The normalized spacial score (nSPS) is 20.9. The SMILES string of the molecule is CC(C)Oc1ccncc1C1CCCN1. The lowest BCUT2D eigenvalue weighted by atomic mass is 10.1. The van der Waals surface area contributed by atoms with Gasteiger partial charge in [-0.3, -0.25) is 4.98 Å². The predicted octanol–water partition coefficient (Wildman–Crippen LogP) is 2.29. The van der Waals surface area contributed by atoms with Gasteiger partial charge in [0.2, 0.25) is 0 Å². The first kappa shape index (κ1) is 10.4. The molecule has 1 saturated heterocycles. The highest BCUT2D eigenvalue weighted by Gasteiger charge is 2.20. The van der Waals surface area contributed by atoms with Crippen molar-refractivity contribution in [2.45, 2.75) is 38.8 Å². The summed E-state index contributed by atoms with van der Waals surface area (Å²) >= 11 is 0. The molecule has 1 aliphatic heterocycles. The molecule has 0 bridgehead atoms. The van der Waals surface area contributed by atoms with Crippen LogP contribution in [-0.2, 0) is 0 Å². The maximum absolute atomic E-state index is 5.78. The molecule has 0 aliphatic carbocycles. The summed E-state index contributed by atoms with van der Waals surface area (Å²) in [7, 11) is 0. The summed E-state index contributed by atoms with van der Waals surface area (Å²) in [5.74, 6) is 0.972. The van der Waals surface area contributed by atoms with Crippen LogP contribution in [0.2, 0.25) is 0 Å². The molecular formula is C12H18N2O. The standard InChI is InChI=1S/C12H18N2O/c1-9(2)15-12-5-7-13-8-10(12)11-4-3-6-14-11/h5,7-9,11,14H,3-4,6H2,1-2H3. The second-order valence-corrected chi connectivity index (χ2v) is 4.23. The van der Waals surface area contributed by atoms with Crippen molar-refractivity contribution >= 4 is 0 Å². The summed E-state index contributed by atoms with van der Waals surface area (Å²) in [5, 5.41) is 3.47. The van der Waals surface area contributed by atoms with Crippen LogP contribution >= 0.6 is 0 Å². The highest BCUT2D eigenvalue weighted by Crippen LogP contribution is 2.30. The van der Waals surface area contributed by atoms with Crippen molar-refractivity contribution in [3.05, 3.63) is 24.0 Å². The van der Waals surface area contributed by atoms with E-state index in [1.165, 1.54) is 18.4 Å². The Bertz CT molecular complexity index is 319. The van der Waals surface area contributed by atoms with E-state index >= 15 is 0 Å². The average molecular weight is 206 g/mol. The summed E-state index contributed by atoms with van der Waals surface area (Å²) in [6.07, 6.45) is 6.34. The number of pyridine rings is 1. The van der Waals surface area contributed by atoms with E-state index in [2.05, 4.69) is 10.3 Å². The molecule has 1 atom stereocenters. The average Bonchev–Trinajstić information content (AvgIpc) is 2.70. The zero-order valence-electron chi connectivity index (χ0n) is 9.36. The summed E-state index contributed by atoms with van der Waals surface area (Å²) in [4.78, 5) is 4.18. The first-order valence-corrected chi connectivity index (χ1v) is 5.61. The van der Waals surface area contributed by atoms with Crippen LogP contribution in [0.5, 0.6) is 5.75 Å². The van der Waals surface area contributed by atoms with E-state index in [1.54, 1.807) is 6.20 Å². The molecule has 1 fully saturated rings. The predicted molar refractivity (Wildman–Crippen MR) is 60.0 cm³/mol. The lowest BCUT2D eigenvalue weighted by molar-refractivity contribution is 0.238. The van der Waals surface area contributed by atoms with Crippen LogP contribution in [0.15, 0.2) is 18.5 Å². The van der Waals surface area contributed by atoms with Gasteiger partial charge in [0.1, 0.15) is 5.75 Å². The Balaban J connectivity index is 2.20. The molecule has 2 heterocycles. The molecule has 2 rings (SSSR count). The Kier molecular flexibility index (Phi) is 3.21. The molecule has 1 N–H and O–H groups in total. The Hall–Kier alpha value is -1.09. The number of aromatic nitrogens is 1. The van der Waals surface area contributed by atoms with Gasteiger partial charge in [0.25, 0.3) is 0 Å². The van der Waals surface area contributed by atoms with E-state index in [0.717, 1.165) is 12.3 Å². The molecule has 1 aliphatic rings. The molecule has 15 heavy (non-hydrogen) atoms. The Morgan fingerprint density at radius 3 is 3.07 bits per heavy atom. The lowest BCUT2D eigenvalue weighted by Gasteiger charge is -2.17. The lowest BCUT2D eigenvalue weighted by Crippen LogP contribution is -2.16. The van der Waals surface area contributed by atoms with E-state index in [-0.39, 0.29) is 6.10 Å². The summed E-state index contributed by atoms with van der Waals surface area (Å²) in [6.45, 7) is 5.19. The van der Waals surface area contributed by atoms with Gasteiger partial charge < -0.3 is 10.1 Å². The number of nitrogens with zero attached hydrogens (tertiary/aromatic N) is 1. The fraction of sp³-hybridized carbons (Fsp3) is 0.583. The smallest absolute Gasteiger partial charge is 0.127 e. The van der Waals surface area contributed by atoms with E-state index in [1.807, 2.05) is 26.1 Å². The molecule has 0 spiro atoms. The van der Waals surface area contributed by atoms with E-state index in [0.29, 0.717) is 6.04 Å². The Morgan fingerprint density at radius 2 is 2.40 bits per heavy atom. The number of hydrogen-bond acceptors (Lipinski definition) is 3. The molecule has 1 aromatic rings. The molecule has 0 saturated carbocycles. The second kappa shape index (κ2) is 4.62. The van der Waals surface area contributed by atoms with Crippen LogP contribution in [0.4, 0.5) is 0 Å². The maximum atomic E-state index is 5.78. The highest BCUT2D eigenvalue weighted by molar-refractivity contribution is 5.33. The minimum absolute atomic E-state index is 0.215. The molecule has 0 amide bonds. The zero-order chi connectivity index (χ0) is 10.7. The van der Waals surface area contributed by atoms with Gasteiger partial charge in [-0.1, -0.05) is 0 Å². The minimum atomic E-state index is 0.215. The highest BCUT2D eigenvalue weighted by atomic mass is 16.5. The van der Waals surface area contributed by atoms with Crippen LogP contribution in [0.3, 0.4) is 0 Å². The van der Waals surface area contributed by atoms with Crippen molar-refractivity contribution in [1.29, 1.82) is 0 Å². The maximum Gasteiger partial charge on any atom is 0.127 e. The minimum Gasteiger partial charge on any atom is -0.491 e. The molecule has 1 aromatic heterocycles. The first-order chi connectivity index (χ1) is 7.27. The number of rotatable bonds is 3. The van der Waals surface area contributed by atoms with Crippen molar-refractivity contribution < 1.29 is 4.74 Å². The van der Waals surface area contributed by atoms with Crippen molar-refractivity contribution in [2.75, 3.05) is 6.54 Å². The molecule has 3 nitrogen and oxygen atoms in total. The Morgan fingerprint density at radius 1 is 1.53 bits per heavy atom. The van der Waals surface area contributed by atoms with Crippen LogP contribution in [0.25, 0.3) is 0 Å². The fourth-order valence-electron chi connectivity index (χ4n) is 1.97. The van der Waals surface area contributed by atoms with Crippen LogP contribution < -0.4 is 10.1 Å². The van der Waals surface area contributed by atoms with Crippen LogP contribution in [-0.4, -0.2) is 17.6 Å². The third-order valence-electron chi connectivity index (χ3n) is 2.61. The zero-order valence-corrected chi connectivity index (χ0v) is 9.36. The first-order valence-electron chi connectivity index (χ1n) is 5.61. The third-order valence-corrected chi connectivity index (χ3v) is 2.61. The molecule has 0 aromatic carbocycles. The second-order valence-electron chi connectivity index (χ2n) is 4.23. The molecule has 82 valence electrons. The van der Waals surface area contributed by atoms with Gasteiger partial charge in [0.05, 0.1) is 6.10 Å². The van der Waals surface area contributed by atoms with Gasteiger partial charge in [-0.15, -0.1) is 0 Å². The molecule has 3 heteroatoms. The van der Waals surface area contributed by atoms with Crippen molar-refractivity contribution in [3.8, 4) is 5.75 Å². The Labute approximate surface area is 90.9 Å². The molecular weight excluding hydrogens is 188 g/mol. The van der Waals surface area contributed by atoms with E-state index in [4.69, 9.17) is 4.74 Å². The van der Waals surface area contributed by atoms with Gasteiger partial charge in [-0.25, -0.2) is 0 Å². The molecule has 1 unspecified atom stereocenters. The summed E-state index contributed by atoms with van der Waals surface area (Å²) < 4.78 is 5.78. The van der Waals surface area contributed by atoms with E-state index < -0.39 is 0 Å². The van der Waals surface area contributed by atoms with Gasteiger partial charge in [0.15, 0.2) is 0 Å². The largest absolute Gasteiger partial charge is 0.491 e. The number of nitrogens with one attached hydrogen (secondary N) is 1. The topological polar surface area (TPSA) is 34.1 Å².